The van der Waals surface area contributed by atoms with Crippen molar-refractivity contribution in [3.63, 3.8) is 0 Å². The maximum atomic E-state index is 12.8. The van der Waals surface area contributed by atoms with Crippen molar-refractivity contribution in [3.8, 4) is 5.75 Å². The molecule has 2 N–H and O–H groups in total. The standard InChI is InChI=1S/C20H15ClF3NO6S2/c1-2-32(28,29)17-10-14(18(26)13-6-4-3-5-12(13)17)19(27)25-16-8-7-11(9-15(16)21)33(30,31)20(22,23)24/h3-10,26H,2H2,1H3,(H,25,27). The summed E-state index contributed by atoms with van der Waals surface area (Å²) in [6, 6.07) is 8.94. The van der Waals surface area contributed by atoms with Gasteiger partial charge in [-0.25, -0.2) is 16.8 Å². The van der Waals surface area contributed by atoms with E-state index in [1.165, 1.54) is 25.1 Å². The van der Waals surface area contributed by atoms with E-state index < -0.39 is 52.3 Å². The third-order valence-corrected chi connectivity index (χ3v) is 8.31. The van der Waals surface area contributed by atoms with Crippen LogP contribution in [-0.2, 0) is 19.7 Å². The lowest BCUT2D eigenvalue weighted by atomic mass is 10.0. The van der Waals surface area contributed by atoms with Crippen LogP contribution in [0, 0.1) is 0 Å². The highest BCUT2D eigenvalue weighted by Crippen LogP contribution is 2.36. The van der Waals surface area contributed by atoms with E-state index in [0.29, 0.717) is 12.1 Å². The summed E-state index contributed by atoms with van der Waals surface area (Å²) in [6.07, 6.45) is 0. The highest BCUT2D eigenvalue weighted by molar-refractivity contribution is 7.92. The molecular weight excluding hydrogens is 507 g/mol. The SMILES string of the molecule is CCS(=O)(=O)c1cc(C(=O)Nc2ccc(S(=O)(=O)C(F)(F)F)cc2Cl)c(O)c2ccccc12. The molecule has 3 aromatic rings. The summed E-state index contributed by atoms with van der Waals surface area (Å²) >= 11 is 5.87. The molecule has 1 amide bonds. The van der Waals surface area contributed by atoms with Crippen LogP contribution in [0.5, 0.6) is 5.75 Å². The van der Waals surface area contributed by atoms with Gasteiger partial charge in [0.05, 0.1) is 31.8 Å². The molecule has 0 aliphatic rings. The van der Waals surface area contributed by atoms with E-state index in [4.69, 9.17) is 11.6 Å². The average molecular weight is 522 g/mol. The zero-order chi connectivity index (χ0) is 24.8. The Morgan fingerprint density at radius 3 is 2.18 bits per heavy atom. The van der Waals surface area contributed by atoms with Crippen LogP contribution in [-0.4, -0.2) is 39.1 Å². The molecular formula is C20H15ClF3NO6S2. The second-order valence-electron chi connectivity index (χ2n) is 6.76. The summed E-state index contributed by atoms with van der Waals surface area (Å²) in [5.41, 5.74) is -6.22. The van der Waals surface area contributed by atoms with Crippen molar-refractivity contribution in [2.75, 3.05) is 11.1 Å². The number of hydrogen-bond acceptors (Lipinski definition) is 6. The lowest BCUT2D eigenvalue weighted by Crippen LogP contribution is -2.23. The molecule has 0 saturated carbocycles. The molecule has 0 radical (unpaired) electrons. The fraction of sp³-hybridized carbons (Fsp3) is 0.150. The van der Waals surface area contributed by atoms with Gasteiger partial charge < -0.3 is 10.4 Å². The van der Waals surface area contributed by atoms with Crippen molar-refractivity contribution < 1.29 is 39.9 Å². The number of sulfone groups is 2. The van der Waals surface area contributed by atoms with Gasteiger partial charge in [0, 0.05) is 10.8 Å². The normalized spacial score (nSPS) is 12.6. The number of amides is 1. The predicted molar refractivity (Wildman–Crippen MR) is 116 cm³/mol. The van der Waals surface area contributed by atoms with Crippen LogP contribution in [0.1, 0.15) is 17.3 Å². The zero-order valence-corrected chi connectivity index (χ0v) is 19.0. The van der Waals surface area contributed by atoms with Crippen molar-refractivity contribution in [3.05, 3.63) is 59.1 Å². The maximum absolute atomic E-state index is 12.8. The van der Waals surface area contributed by atoms with Crippen molar-refractivity contribution in [2.45, 2.75) is 22.2 Å². The Labute approximate surface area is 191 Å². The number of carbonyl (C=O) groups is 1. The summed E-state index contributed by atoms with van der Waals surface area (Å²) in [7, 11) is -9.46. The lowest BCUT2D eigenvalue weighted by Gasteiger charge is -2.14. The van der Waals surface area contributed by atoms with Gasteiger partial charge >= 0.3 is 5.51 Å². The summed E-state index contributed by atoms with van der Waals surface area (Å²) < 4.78 is 86.4. The van der Waals surface area contributed by atoms with Crippen LogP contribution in [0.2, 0.25) is 5.02 Å². The van der Waals surface area contributed by atoms with Gasteiger partial charge in [-0.1, -0.05) is 42.8 Å². The quantitative estimate of drug-likeness (QED) is 0.509. The molecule has 3 rings (SSSR count). The molecule has 7 nitrogen and oxygen atoms in total. The third kappa shape index (κ3) is 4.50. The summed E-state index contributed by atoms with van der Waals surface area (Å²) in [4.78, 5) is 11.5. The number of hydrogen-bond donors (Lipinski definition) is 2. The third-order valence-electron chi connectivity index (χ3n) is 4.74. The summed E-state index contributed by atoms with van der Waals surface area (Å²) in [5, 5.41) is 12.6. The van der Waals surface area contributed by atoms with E-state index in [1.807, 2.05) is 0 Å². The first-order chi connectivity index (χ1) is 15.2. The van der Waals surface area contributed by atoms with Gasteiger partial charge in [0.2, 0.25) is 0 Å². The minimum Gasteiger partial charge on any atom is -0.506 e. The van der Waals surface area contributed by atoms with Crippen molar-refractivity contribution in [2.24, 2.45) is 0 Å². The Hall–Kier alpha value is -2.83. The molecule has 0 bridgehead atoms. The molecule has 0 fully saturated rings. The molecule has 0 aliphatic carbocycles. The van der Waals surface area contributed by atoms with E-state index in [-0.39, 0.29) is 27.1 Å². The fourth-order valence-corrected chi connectivity index (χ4v) is 5.20. The fourth-order valence-electron chi connectivity index (χ4n) is 3.00. The van der Waals surface area contributed by atoms with Crippen molar-refractivity contribution in [1.29, 1.82) is 0 Å². The molecule has 0 spiro atoms. The van der Waals surface area contributed by atoms with Gasteiger partial charge in [-0.15, -0.1) is 0 Å². The molecule has 0 saturated heterocycles. The maximum Gasteiger partial charge on any atom is 0.501 e. The number of halogens is 4. The Kier molecular flexibility index (Phi) is 6.39. The molecule has 3 aromatic carbocycles. The van der Waals surface area contributed by atoms with E-state index in [0.717, 1.165) is 12.1 Å². The first-order valence-corrected chi connectivity index (χ1v) is 12.6. The largest absolute Gasteiger partial charge is 0.506 e. The van der Waals surface area contributed by atoms with E-state index >= 15 is 0 Å². The first-order valence-electron chi connectivity index (χ1n) is 9.10. The van der Waals surface area contributed by atoms with Crippen LogP contribution in [0.4, 0.5) is 18.9 Å². The monoisotopic (exact) mass is 521 g/mol. The number of rotatable bonds is 5. The average Bonchev–Trinajstić information content (AvgIpc) is 2.74. The van der Waals surface area contributed by atoms with Gasteiger partial charge in [-0.05, 0) is 24.3 Å². The van der Waals surface area contributed by atoms with Gasteiger partial charge in [0.15, 0.2) is 9.84 Å². The van der Waals surface area contributed by atoms with Crippen molar-refractivity contribution in [1.82, 2.24) is 0 Å². The number of fused-ring (bicyclic) bond motifs is 1. The Morgan fingerprint density at radius 2 is 1.64 bits per heavy atom. The molecule has 0 aliphatic heterocycles. The van der Waals surface area contributed by atoms with Gasteiger partial charge in [0.25, 0.3) is 15.7 Å². The van der Waals surface area contributed by atoms with Crippen LogP contribution < -0.4 is 5.32 Å². The number of nitrogens with one attached hydrogen (secondary N) is 1. The summed E-state index contributed by atoms with van der Waals surface area (Å²) in [5.74, 6) is -1.81. The predicted octanol–water partition coefficient (Wildman–Crippen LogP) is 4.54. The highest BCUT2D eigenvalue weighted by atomic mass is 35.5. The van der Waals surface area contributed by atoms with E-state index in [9.17, 15) is 39.9 Å². The van der Waals surface area contributed by atoms with Gasteiger partial charge in [-0.2, -0.15) is 13.2 Å². The summed E-state index contributed by atoms with van der Waals surface area (Å²) in [6.45, 7) is 1.41. The highest BCUT2D eigenvalue weighted by Gasteiger charge is 2.47. The Balaban J connectivity index is 2.07. The van der Waals surface area contributed by atoms with Gasteiger partial charge in [0.1, 0.15) is 5.75 Å². The number of carbonyl (C=O) groups excluding carboxylic acids is 1. The van der Waals surface area contributed by atoms with Gasteiger partial charge in [-0.3, -0.25) is 4.79 Å². The van der Waals surface area contributed by atoms with Crippen LogP contribution in [0.15, 0.2) is 58.3 Å². The van der Waals surface area contributed by atoms with E-state index in [1.54, 1.807) is 6.07 Å². The molecule has 33 heavy (non-hydrogen) atoms. The Morgan fingerprint density at radius 1 is 1.03 bits per heavy atom. The second kappa shape index (κ2) is 8.50. The zero-order valence-electron chi connectivity index (χ0n) is 16.6. The molecule has 0 aromatic heterocycles. The molecule has 0 unspecified atom stereocenters. The number of anilines is 1. The van der Waals surface area contributed by atoms with E-state index in [2.05, 4.69) is 5.32 Å². The minimum absolute atomic E-state index is 0.0925. The molecule has 176 valence electrons. The van der Waals surface area contributed by atoms with Crippen LogP contribution in [0.25, 0.3) is 10.8 Å². The first kappa shape index (κ1) is 24.8. The van der Waals surface area contributed by atoms with Crippen LogP contribution >= 0.6 is 11.6 Å². The molecule has 13 heteroatoms. The Bertz CT molecular complexity index is 1490. The smallest absolute Gasteiger partial charge is 0.501 e. The second-order valence-corrected chi connectivity index (χ2v) is 11.4. The lowest BCUT2D eigenvalue weighted by molar-refractivity contribution is -0.0436. The number of alkyl halides is 3. The van der Waals surface area contributed by atoms with Crippen molar-refractivity contribution >= 4 is 53.6 Å². The number of aromatic hydroxyl groups is 1. The topological polar surface area (TPSA) is 118 Å². The number of benzene rings is 3. The molecule has 0 heterocycles. The minimum atomic E-state index is -5.66. The van der Waals surface area contributed by atoms with Crippen LogP contribution in [0.3, 0.4) is 0 Å². The number of phenolic OH excluding ortho intramolecular Hbond substituents is 1. The number of phenols is 1. The molecule has 0 atom stereocenters.